The minimum Gasteiger partial charge on any atom is -0.497 e. The molecule has 148 valence electrons. The van der Waals surface area contributed by atoms with Gasteiger partial charge in [0.15, 0.2) is 0 Å². The van der Waals surface area contributed by atoms with Crippen LogP contribution in [-0.2, 0) is 0 Å². The molecular weight excluding hydrogens is 354 g/mol. The van der Waals surface area contributed by atoms with Gasteiger partial charge in [0.05, 0.1) is 13.2 Å². The van der Waals surface area contributed by atoms with Crippen molar-refractivity contribution in [2.24, 2.45) is 11.8 Å². The summed E-state index contributed by atoms with van der Waals surface area (Å²) in [5, 5.41) is 0. The molecule has 7 nitrogen and oxygen atoms in total. The molecule has 1 aromatic carbocycles. The molecule has 2 amide bonds. The van der Waals surface area contributed by atoms with Crippen molar-refractivity contribution in [1.29, 1.82) is 0 Å². The normalized spacial score (nSPS) is 23.6. The highest BCUT2D eigenvalue weighted by molar-refractivity contribution is 5.75. The first-order valence-electron chi connectivity index (χ1n) is 9.63. The Labute approximate surface area is 165 Å². The SMILES string of the molecule is COc1ccc([C@H]2[C@@H]3CN(c4cc(C)ncn4)C[C@@H]3CN2C(=O)N(C)C)cc1. The number of likely N-dealkylation sites (tertiary alicyclic amines) is 1. The number of anilines is 1. The number of hydrogen-bond donors (Lipinski definition) is 0. The molecule has 0 N–H and O–H groups in total. The predicted molar refractivity (Wildman–Crippen MR) is 107 cm³/mol. The minimum atomic E-state index is 0.0544. The van der Waals surface area contributed by atoms with Crippen molar-refractivity contribution in [2.75, 3.05) is 45.7 Å². The van der Waals surface area contributed by atoms with Crippen LogP contribution in [-0.4, -0.2) is 66.6 Å². The molecule has 2 aliphatic heterocycles. The molecule has 2 aromatic rings. The van der Waals surface area contributed by atoms with Gasteiger partial charge in [-0.3, -0.25) is 0 Å². The molecule has 28 heavy (non-hydrogen) atoms. The van der Waals surface area contributed by atoms with E-state index < -0.39 is 0 Å². The van der Waals surface area contributed by atoms with Crippen LogP contribution in [0, 0.1) is 18.8 Å². The van der Waals surface area contributed by atoms with Gasteiger partial charge in [-0.2, -0.15) is 0 Å². The van der Waals surface area contributed by atoms with Gasteiger partial charge >= 0.3 is 6.03 Å². The van der Waals surface area contributed by atoms with Gasteiger partial charge in [0.2, 0.25) is 0 Å². The predicted octanol–water partition coefficient (Wildman–Crippen LogP) is 2.58. The molecule has 0 aliphatic carbocycles. The van der Waals surface area contributed by atoms with Crippen LogP contribution in [0.3, 0.4) is 0 Å². The first kappa shape index (κ1) is 18.5. The van der Waals surface area contributed by atoms with Crippen molar-refractivity contribution in [3.05, 3.63) is 47.9 Å². The lowest BCUT2D eigenvalue weighted by atomic mass is 9.89. The summed E-state index contributed by atoms with van der Waals surface area (Å²) in [6.45, 7) is 4.54. The van der Waals surface area contributed by atoms with E-state index in [1.54, 1.807) is 18.3 Å². The summed E-state index contributed by atoms with van der Waals surface area (Å²) in [7, 11) is 5.30. The van der Waals surface area contributed by atoms with Crippen molar-refractivity contribution in [1.82, 2.24) is 19.8 Å². The standard InChI is InChI=1S/C21H27N5O2/c1-14-9-19(23-13-22-14)25-10-16-11-26(21(27)24(2)3)20(18(16)12-25)15-5-7-17(28-4)8-6-15/h5-9,13,16,18,20H,10-12H2,1-4H3/t16-,18-,20+/m1/s1. The smallest absolute Gasteiger partial charge is 0.320 e. The molecule has 2 aliphatic rings. The Kier molecular flexibility index (Phi) is 4.83. The van der Waals surface area contributed by atoms with Crippen LogP contribution in [0.25, 0.3) is 0 Å². The number of amides is 2. The lowest BCUT2D eigenvalue weighted by Gasteiger charge is -2.32. The van der Waals surface area contributed by atoms with Crippen LogP contribution >= 0.6 is 0 Å². The second-order valence-electron chi connectivity index (χ2n) is 7.89. The van der Waals surface area contributed by atoms with Crippen molar-refractivity contribution in [3.8, 4) is 5.75 Å². The molecule has 1 aromatic heterocycles. The quantitative estimate of drug-likeness (QED) is 0.818. The van der Waals surface area contributed by atoms with E-state index in [4.69, 9.17) is 4.74 Å². The Bertz CT molecular complexity index is 854. The largest absolute Gasteiger partial charge is 0.497 e. The Morgan fingerprint density at radius 1 is 1.14 bits per heavy atom. The van der Waals surface area contributed by atoms with E-state index in [-0.39, 0.29) is 12.1 Å². The fourth-order valence-electron chi connectivity index (χ4n) is 4.53. The molecule has 7 heteroatoms. The summed E-state index contributed by atoms with van der Waals surface area (Å²) >= 11 is 0. The molecule has 3 heterocycles. The maximum absolute atomic E-state index is 12.9. The van der Waals surface area contributed by atoms with Gasteiger partial charge in [-0.05, 0) is 24.6 Å². The number of hydrogen-bond acceptors (Lipinski definition) is 5. The molecule has 0 saturated carbocycles. The summed E-state index contributed by atoms with van der Waals surface area (Å²) in [6, 6.07) is 10.3. The zero-order valence-electron chi connectivity index (χ0n) is 16.9. The Morgan fingerprint density at radius 2 is 1.89 bits per heavy atom. The number of nitrogens with zero attached hydrogens (tertiary/aromatic N) is 5. The van der Waals surface area contributed by atoms with E-state index in [1.807, 2.05) is 44.1 Å². The lowest BCUT2D eigenvalue weighted by molar-refractivity contribution is 0.159. The summed E-state index contributed by atoms with van der Waals surface area (Å²) in [6.07, 6.45) is 1.63. The van der Waals surface area contributed by atoms with Crippen molar-refractivity contribution in [3.63, 3.8) is 0 Å². The third-order valence-corrected chi connectivity index (χ3v) is 5.86. The number of rotatable bonds is 3. The lowest BCUT2D eigenvalue weighted by Crippen LogP contribution is -2.41. The highest BCUT2D eigenvalue weighted by atomic mass is 16.5. The third kappa shape index (κ3) is 3.25. The fourth-order valence-corrected chi connectivity index (χ4v) is 4.53. The van der Waals surface area contributed by atoms with Crippen LogP contribution in [0.2, 0.25) is 0 Å². The number of urea groups is 1. The number of aryl methyl sites for hydroxylation is 1. The van der Waals surface area contributed by atoms with Crippen molar-refractivity contribution < 1.29 is 9.53 Å². The highest BCUT2D eigenvalue weighted by Crippen LogP contribution is 2.46. The molecule has 2 saturated heterocycles. The van der Waals surface area contributed by atoms with E-state index >= 15 is 0 Å². The van der Waals surface area contributed by atoms with Crippen molar-refractivity contribution in [2.45, 2.75) is 13.0 Å². The minimum absolute atomic E-state index is 0.0544. The number of carbonyl (C=O) groups excluding carboxylic acids is 1. The van der Waals surface area contributed by atoms with E-state index in [2.05, 4.69) is 27.0 Å². The first-order chi connectivity index (χ1) is 13.5. The second kappa shape index (κ2) is 7.30. The number of fused-ring (bicyclic) bond motifs is 1. The zero-order valence-corrected chi connectivity index (χ0v) is 16.9. The Hall–Kier alpha value is -2.83. The van der Waals surface area contributed by atoms with Crippen LogP contribution in [0.15, 0.2) is 36.7 Å². The average molecular weight is 381 g/mol. The topological polar surface area (TPSA) is 61.8 Å². The Balaban J connectivity index is 1.63. The van der Waals surface area contributed by atoms with Crippen LogP contribution in [0.5, 0.6) is 5.75 Å². The van der Waals surface area contributed by atoms with Crippen LogP contribution in [0.4, 0.5) is 10.6 Å². The number of methoxy groups -OCH3 is 1. The van der Waals surface area contributed by atoms with Gasteiger partial charge in [0.25, 0.3) is 0 Å². The molecule has 0 radical (unpaired) electrons. The summed E-state index contributed by atoms with van der Waals surface area (Å²) in [5.74, 6) is 2.59. The maximum Gasteiger partial charge on any atom is 0.320 e. The number of benzene rings is 1. The van der Waals surface area contributed by atoms with E-state index in [9.17, 15) is 4.79 Å². The summed E-state index contributed by atoms with van der Waals surface area (Å²) in [5.41, 5.74) is 2.13. The molecule has 0 unspecified atom stereocenters. The van der Waals surface area contributed by atoms with Gasteiger partial charge in [-0.15, -0.1) is 0 Å². The van der Waals surface area contributed by atoms with E-state index in [1.165, 1.54) is 0 Å². The van der Waals surface area contributed by atoms with Crippen LogP contribution in [0.1, 0.15) is 17.3 Å². The number of ether oxygens (including phenoxy) is 1. The van der Waals surface area contributed by atoms with Gasteiger partial charge in [-0.1, -0.05) is 12.1 Å². The maximum atomic E-state index is 12.9. The molecule has 0 spiro atoms. The van der Waals surface area contributed by atoms with E-state index in [0.29, 0.717) is 11.8 Å². The Morgan fingerprint density at radius 3 is 2.54 bits per heavy atom. The number of aromatic nitrogens is 2. The number of carbonyl (C=O) groups is 1. The average Bonchev–Trinajstić information content (AvgIpc) is 3.25. The van der Waals surface area contributed by atoms with Gasteiger partial charge in [-0.25, -0.2) is 14.8 Å². The molecule has 2 fully saturated rings. The van der Waals surface area contributed by atoms with E-state index in [0.717, 1.165) is 42.5 Å². The summed E-state index contributed by atoms with van der Waals surface area (Å²) in [4.78, 5) is 27.6. The molecular formula is C21H27N5O2. The molecule has 3 atom stereocenters. The van der Waals surface area contributed by atoms with Crippen molar-refractivity contribution >= 4 is 11.8 Å². The summed E-state index contributed by atoms with van der Waals surface area (Å²) < 4.78 is 5.31. The van der Waals surface area contributed by atoms with Gasteiger partial charge in [0, 0.05) is 57.3 Å². The first-order valence-corrected chi connectivity index (χ1v) is 9.63. The second-order valence-corrected chi connectivity index (χ2v) is 7.89. The fraction of sp³-hybridized carbons (Fsp3) is 0.476. The van der Waals surface area contributed by atoms with Gasteiger partial charge in [0.1, 0.15) is 17.9 Å². The molecule has 0 bridgehead atoms. The van der Waals surface area contributed by atoms with Crippen LogP contribution < -0.4 is 9.64 Å². The third-order valence-electron chi connectivity index (χ3n) is 5.86. The zero-order chi connectivity index (χ0) is 19.8. The van der Waals surface area contributed by atoms with Gasteiger partial charge < -0.3 is 19.4 Å². The monoisotopic (exact) mass is 381 g/mol. The molecule has 4 rings (SSSR count). The highest BCUT2D eigenvalue weighted by Gasteiger charge is 2.49.